The Labute approximate surface area is 282 Å². The number of carbonyl (C=O) groups excluding carboxylic acids is 2. The van der Waals surface area contributed by atoms with Gasteiger partial charge in [0.2, 0.25) is 5.89 Å². The number of nitrogens with one attached hydrogen (secondary N) is 2. The monoisotopic (exact) mass is 647 g/mol. The standard InChI is InChI=1S/C22H21N3O2.C18H12N2O2/c1-14-11-12-18(17-9-3-2-8-16(14)17)21(26)25-19-10-5-13-23-20(19)22(27)24-15-6-4-7-15;1-11-8-9-14(13-6-3-2-5-12(11)13)17-20-15-7-4-10-19-16(15)18(21)22-17/h2-3,5,8-13,15H,4,6-7H2,1H3,(H,24,27)(H,25,26);2-10H,1H3. The number of amides is 2. The van der Waals surface area contributed by atoms with Crippen molar-refractivity contribution in [2.45, 2.75) is 39.2 Å². The molecule has 1 aliphatic rings. The van der Waals surface area contributed by atoms with E-state index in [4.69, 9.17) is 4.42 Å². The minimum absolute atomic E-state index is 0.212. The van der Waals surface area contributed by atoms with Gasteiger partial charge in [-0.25, -0.2) is 19.7 Å². The molecule has 0 spiro atoms. The summed E-state index contributed by atoms with van der Waals surface area (Å²) >= 11 is 0. The predicted octanol–water partition coefficient (Wildman–Crippen LogP) is 7.79. The van der Waals surface area contributed by atoms with E-state index in [-0.39, 0.29) is 29.1 Å². The van der Waals surface area contributed by atoms with Crippen LogP contribution in [0, 0.1) is 13.8 Å². The Kier molecular flexibility index (Phi) is 8.64. The summed E-state index contributed by atoms with van der Waals surface area (Å²) in [7, 11) is 0. The van der Waals surface area contributed by atoms with E-state index < -0.39 is 5.63 Å². The second-order valence-corrected chi connectivity index (χ2v) is 12.1. The van der Waals surface area contributed by atoms with Crippen LogP contribution in [0.2, 0.25) is 0 Å². The highest BCUT2D eigenvalue weighted by Crippen LogP contribution is 2.30. The molecule has 2 N–H and O–H groups in total. The average Bonchev–Trinajstić information content (AvgIpc) is 3.11. The lowest BCUT2D eigenvalue weighted by Crippen LogP contribution is -2.40. The van der Waals surface area contributed by atoms with E-state index in [2.05, 4.69) is 38.6 Å². The van der Waals surface area contributed by atoms with Crippen LogP contribution in [0.5, 0.6) is 0 Å². The van der Waals surface area contributed by atoms with Gasteiger partial charge in [-0.2, -0.15) is 0 Å². The highest BCUT2D eigenvalue weighted by molar-refractivity contribution is 6.15. The minimum atomic E-state index is -0.467. The van der Waals surface area contributed by atoms with E-state index in [1.165, 1.54) is 5.56 Å². The Morgan fingerprint density at radius 1 is 0.714 bits per heavy atom. The smallest absolute Gasteiger partial charge is 0.365 e. The number of aryl methyl sites for hydroxylation is 2. The largest absolute Gasteiger partial charge is 0.402 e. The van der Waals surface area contributed by atoms with Crippen LogP contribution in [0.4, 0.5) is 5.69 Å². The van der Waals surface area contributed by atoms with Crippen LogP contribution >= 0.6 is 0 Å². The van der Waals surface area contributed by atoms with Gasteiger partial charge in [-0.1, -0.05) is 60.7 Å². The zero-order valence-corrected chi connectivity index (χ0v) is 27.1. The molecule has 9 nitrogen and oxygen atoms in total. The molecule has 1 aliphatic carbocycles. The van der Waals surface area contributed by atoms with Crippen molar-refractivity contribution in [3.63, 3.8) is 0 Å². The molecule has 0 radical (unpaired) electrons. The number of benzene rings is 4. The summed E-state index contributed by atoms with van der Waals surface area (Å²) in [5.41, 5.74) is 4.66. The van der Waals surface area contributed by atoms with Crippen LogP contribution in [0.15, 0.2) is 119 Å². The number of rotatable bonds is 5. The van der Waals surface area contributed by atoms with Crippen molar-refractivity contribution in [3.8, 4) is 11.5 Å². The van der Waals surface area contributed by atoms with E-state index in [1.807, 2.05) is 73.7 Å². The van der Waals surface area contributed by atoms with Gasteiger partial charge in [-0.15, -0.1) is 0 Å². The van der Waals surface area contributed by atoms with Crippen LogP contribution < -0.4 is 16.3 Å². The second-order valence-electron chi connectivity index (χ2n) is 12.1. The van der Waals surface area contributed by atoms with Gasteiger partial charge in [0.05, 0.1) is 5.69 Å². The third-order valence-electron chi connectivity index (χ3n) is 8.86. The molecule has 8 rings (SSSR count). The molecule has 9 heteroatoms. The molecule has 2 amide bonds. The number of nitrogens with zero attached hydrogens (tertiary/aromatic N) is 3. The highest BCUT2D eigenvalue weighted by Gasteiger charge is 2.23. The molecular weight excluding hydrogens is 614 g/mol. The molecule has 0 aliphatic heterocycles. The van der Waals surface area contributed by atoms with Gasteiger partial charge in [0, 0.05) is 29.6 Å². The van der Waals surface area contributed by atoms with Gasteiger partial charge in [0.15, 0.2) is 11.2 Å². The van der Waals surface area contributed by atoms with Crippen molar-refractivity contribution in [1.82, 2.24) is 20.3 Å². The molecule has 4 aromatic carbocycles. The van der Waals surface area contributed by atoms with E-state index in [9.17, 15) is 14.4 Å². The van der Waals surface area contributed by atoms with Gasteiger partial charge in [0.25, 0.3) is 11.8 Å². The number of carbonyl (C=O) groups is 2. The van der Waals surface area contributed by atoms with Crippen molar-refractivity contribution in [3.05, 3.63) is 142 Å². The van der Waals surface area contributed by atoms with Gasteiger partial charge in [0.1, 0.15) is 5.52 Å². The molecule has 7 aromatic rings. The third-order valence-corrected chi connectivity index (χ3v) is 8.86. The summed E-state index contributed by atoms with van der Waals surface area (Å²) in [5.74, 6) is -0.178. The summed E-state index contributed by atoms with van der Waals surface area (Å²) in [6.07, 6.45) is 6.25. The number of fused-ring (bicyclic) bond motifs is 3. The second kappa shape index (κ2) is 13.5. The summed E-state index contributed by atoms with van der Waals surface area (Å²) < 4.78 is 5.40. The Balaban J connectivity index is 0.000000157. The van der Waals surface area contributed by atoms with Gasteiger partial charge in [-0.05, 0) is 102 Å². The van der Waals surface area contributed by atoms with Crippen LogP contribution in [0.3, 0.4) is 0 Å². The van der Waals surface area contributed by atoms with Gasteiger partial charge in [-0.3, -0.25) is 9.59 Å². The zero-order chi connectivity index (χ0) is 33.9. The van der Waals surface area contributed by atoms with Crippen molar-refractivity contribution in [2.75, 3.05) is 5.32 Å². The Hall–Kier alpha value is -6.22. The lowest BCUT2D eigenvalue weighted by molar-refractivity contribution is 0.0913. The molecule has 0 bridgehead atoms. The van der Waals surface area contributed by atoms with Crippen LogP contribution in [0.1, 0.15) is 51.2 Å². The van der Waals surface area contributed by atoms with Crippen LogP contribution in [0.25, 0.3) is 44.0 Å². The van der Waals surface area contributed by atoms with Gasteiger partial charge >= 0.3 is 5.63 Å². The molecule has 242 valence electrons. The molecule has 3 heterocycles. The number of hydrogen-bond acceptors (Lipinski definition) is 7. The lowest BCUT2D eigenvalue weighted by Gasteiger charge is -2.26. The third kappa shape index (κ3) is 6.38. The van der Waals surface area contributed by atoms with E-state index in [0.29, 0.717) is 22.7 Å². The zero-order valence-electron chi connectivity index (χ0n) is 27.1. The van der Waals surface area contributed by atoms with Crippen LogP contribution in [-0.2, 0) is 0 Å². The van der Waals surface area contributed by atoms with Crippen molar-refractivity contribution < 1.29 is 14.0 Å². The maximum Gasteiger partial charge on any atom is 0.365 e. The predicted molar refractivity (Wildman–Crippen MR) is 192 cm³/mol. The van der Waals surface area contributed by atoms with Crippen molar-refractivity contribution in [2.24, 2.45) is 0 Å². The van der Waals surface area contributed by atoms with Crippen molar-refractivity contribution in [1.29, 1.82) is 0 Å². The fraction of sp³-hybridized carbons (Fsp3) is 0.150. The number of aromatic nitrogens is 3. The molecule has 1 fully saturated rings. The summed E-state index contributed by atoms with van der Waals surface area (Å²) in [5, 5.41) is 9.90. The number of pyridine rings is 2. The lowest BCUT2D eigenvalue weighted by atomic mass is 9.93. The molecule has 0 unspecified atom stereocenters. The quantitative estimate of drug-likeness (QED) is 0.195. The number of hydrogen-bond donors (Lipinski definition) is 2. The minimum Gasteiger partial charge on any atom is -0.402 e. The fourth-order valence-corrected chi connectivity index (χ4v) is 5.99. The first-order valence-corrected chi connectivity index (χ1v) is 16.2. The molecule has 0 atom stereocenters. The maximum atomic E-state index is 12.9. The Morgan fingerprint density at radius 2 is 1.37 bits per heavy atom. The molecule has 3 aromatic heterocycles. The average molecular weight is 648 g/mol. The fourth-order valence-electron chi connectivity index (χ4n) is 5.99. The summed E-state index contributed by atoms with van der Waals surface area (Å²) in [6.45, 7) is 4.08. The van der Waals surface area contributed by atoms with E-state index in [1.54, 1.807) is 36.7 Å². The summed E-state index contributed by atoms with van der Waals surface area (Å²) in [4.78, 5) is 50.2. The Bertz CT molecular complexity index is 2430. The maximum absolute atomic E-state index is 12.9. The first-order valence-electron chi connectivity index (χ1n) is 16.2. The normalized spacial score (nSPS) is 12.6. The van der Waals surface area contributed by atoms with E-state index >= 15 is 0 Å². The Morgan fingerprint density at radius 3 is 2.10 bits per heavy atom. The molecule has 1 saturated carbocycles. The van der Waals surface area contributed by atoms with Crippen molar-refractivity contribution >= 4 is 50.1 Å². The first-order chi connectivity index (χ1) is 23.9. The topological polar surface area (TPSA) is 127 Å². The molecular formula is C40H33N5O4. The first kappa shape index (κ1) is 31.4. The molecule has 49 heavy (non-hydrogen) atoms. The molecule has 0 saturated heterocycles. The highest BCUT2D eigenvalue weighted by atomic mass is 16.4. The summed E-state index contributed by atoms with van der Waals surface area (Å²) in [6, 6.07) is 30.7. The van der Waals surface area contributed by atoms with Crippen LogP contribution in [-0.4, -0.2) is 32.8 Å². The van der Waals surface area contributed by atoms with Gasteiger partial charge < -0.3 is 15.1 Å². The number of anilines is 1. The SMILES string of the molecule is Cc1ccc(-c2nc3cccnc3c(=O)o2)c2ccccc12.Cc1ccc(C(=O)Nc2cccnc2C(=O)NC2CCC2)c2ccccc12. The van der Waals surface area contributed by atoms with E-state index in [0.717, 1.165) is 51.9 Å².